The summed E-state index contributed by atoms with van der Waals surface area (Å²) in [6.45, 7) is 2.96. The lowest BCUT2D eigenvalue weighted by molar-refractivity contribution is 0.0950. The normalized spacial score (nSPS) is 14.0. The molecule has 3 aromatic rings. The number of fused-ring (bicyclic) bond motifs is 1. The third-order valence-corrected chi connectivity index (χ3v) is 7.40. The molecule has 0 radical (unpaired) electrons. The zero-order valence-electron chi connectivity index (χ0n) is 18.6. The minimum atomic E-state index is -3.74. The second kappa shape index (κ2) is 9.64. The van der Waals surface area contributed by atoms with Gasteiger partial charge >= 0.3 is 0 Å². The van der Waals surface area contributed by atoms with E-state index < -0.39 is 10.0 Å². The van der Waals surface area contributed by atoms with Crippen LogP contribution in [0.2, 0.25) is 0 Å². The molecule has 33 heavy (non-hydrogen) atoms. The highest BCUT2D eigenvalue weighted by Gasteiger charge is 2.28. The molecule has 0 aliphatic carbocycles. The Bertz CT molecular complexity index is 1240. The summed E-state index contributed by atoms with van der Waals surface area (Å²) in [6, 6.07) is 19.3. The molecule has 0 saturated carbocycles. The van der Waals surface area contributed by atoms with E-state index in [9.17, 15) is 13.2 Å². The molecule has 1 amide bonds. The lowest BCUT2D eigenvalue weighted by Gasteiger charge is -2.20. The van der Waals surface area contributed by atoms with Gasteiger partial charge in [0.2, 0.25) is 10.0 Å². The average molecular weight is 467 g/mol. The van der Waals surface area contributed by atoms with Crippen LogP contribution in [0.3, 0.4) is 0 Å². The molecule has 8 heteroatoms. The van der Waals surface area contributed by atoms with Crippen LogP contribution in [0.1, 0.15) is 27.0 Å². The summed E-state index contributed by atoms with van der Waals surface area (Å²) in [4.78, 5) is 12.9. The van der Waals surface area contributed by atoms with Crippen molar-refractivity contribution in [1.82, 2.24) is 9.62 Å². The molecule has 1 aliphatic heterocycles. The summed E-state index contributed by atoms with van der Waals surface area (Å²) >= 11 is 0. The fraction of sp³-hybridized carbons (Fsp3) is 0.240. The summed E-state index contributed by atoms with van der Waals surface area (Å²) in [5, 5.41) is 2.91. The number of nitrogens with zero attached hydrogens (tertiary/aromatic N) is 1. The maximum atomic E-state index is 13.2. The van der Waals surface area contributed by atoms with Gasteiger partial charge in [0.1, 0.15) is 18.1 Å². The quantitative estimate of drug-likeness (QED) is 0.601. The number of aryl methyl sites for hydroxylation is 1. The predicted molar refractivity (Wildman–Crippen MR) is 125 cm³/mol. The topological polar surface area (TPSA) is 84.9 Å². The number of carbonyl (C=O) groups excluding carboxylic acids is 1. The third-order valence-electron chi connectivity index (χ3n) is 5.54. The molecule has 0 fully saturated rings. The van der Waals surface area contributed by atoms with Crippen LogP contribution in [0.4, 0.5) is 0 Å². The third kappa shape index (κ3) is 5.18. The van der Waals surface area contributed by atoms with Crippen molar-refractivity contribution >= 4 is 15.9 Å². The summed E-state index contributed by atoms with van der Waals surface area (Å²) < 4.78 is 38.7. The fourth-order valence-corrected chi connectivity index (χ4v) is 5.01. The van der Waals surface area contributed by atoms with Crippen LogP contribution in [0, 0.1) is 6.92 Å². The Morgan fingerprint density at radius 2 is 1.79 bits per heavy atom. The Morgan fingerprint density at radius 1 is 1.06 bits per heavy atom. The highest BCUT2D eigenvalue weighted by Crippen LogP contribution is 2.28. The number of sulfonamides is 1. The summed E-state index contributed by atoms with van der Waals surface area (Å²) in [5.41, 5.74) is 3.26. The number of hydrogen-bond donors (Lipinski definition) is 1. The summed E-state index contributed by atoms with van der Waals surface area (Å²) in [5.74, 6) is 0.935. The molecule has 1 aliphatic rings. The highest BCUT2D eigenvalue weighted by molar-refractivity contribution is 7.89. The maximum absolute atomic E-state index is 13.2. The van der Waals surface area contributed by atoms with E-state index in [1.54, 1.807) is 30.3 Å². The van der Waals surface area contributed by atoms with Gasteiger partial charge in [-0.3, -0.25) is 4.79 Å². The zero-order chi connectivity index (χ0) is 23.4. The van der Waals surface area contributed by atoms with Crippen molar-refractivity contribution in [2.75, 3.05) is 20.3 Å². The van der Waals surface area contributed by atoms with Crippen LogP contribution in [-0.2, 0) is 23.1 Å². The van der Waals surface area contributed by atoms with Gasteiger partial charge in [-0.1, -0.05) is 29.8 Å². The molecule has 0 spiro atoms. The molecule has 172 valence electrons. The Balaban J connectivity index is 1.51. The molecule has 0 bridgehead atoms. The van der Waals surface area contributed by atoms with Crippen molar-refractivity contribution in [2.24, 2.45) is 0 Å². The van der Waals surface area contributed by atoms with Crippen molar-refractivity contribution in [1.29, 1.82) is 0 Å². The lowest BCUT2D eigenvalue weighted by Crippen LogP contribution is -2.32. The lowest BCUT2D eigenvalue weighted by atomic mass is 10.1. The van der Waals surface area contributed by atoms with Gasteiger partial charge in [-0.15, -0.1) is 0 Å². The van der Waals surface area contributed by atoms with E-state index in [2.05, 4.69) is 5.32 Å². The first-order chi connectivity index (χ1) is 15.9. The molecule has 4 rings (SSSR count). The first-order valence-corrected chi connectivity index (χ1v) is 12.0. The van der Waals surface area contributed by atoms with Crippen LogP contribution < -0.4 is 14.8 Å². The zero-order valence-corrected chi connectivity index (χ0v) is 19.4. The molecule has 0 unspecified atom stereocenters. The fourth-order valence-electron chi connectivity index (χ4n) is 3.60. The van der Waals surface area contributed by atoms with Gasteiger partial charge in [-0.2, -0.15) is 4.31 Å². The predicted octanol–water partition coefficient (Wildman–Crippen LogP) is 3.52. The molecule has 0 saturated heterocycles. The Morgan fingerprint density at radius 3 is 2.48 bits per heavy atom. The van der Waals surface area contributed by atoms with E-state index in [4.69, 9.17) is 9.47 Å². The van der Waals surface area contributed by atoms with Gasteiger partial charge in [0.15, 0.2) is 0 Å². The van der Waals surface area contributed by atoms with Crippen molar-refractivity contribution < 1.29 is 22.7 Å². The molecule has 3 aromatic carbocycles. The average Bonchev–Trinajstić information content (AvgIpc) is 3.06. The second-order valence-corrected chi connectivity index (χ2v) is 9.79. The SMILES string of the molecule is COc1ccc(S(=O)(=O)N2CCOc3ccc(C(=O)NCc4ccc(C)cc4)cc3C2)cc1. The smallest absolute Gasteiger partial charge is 0.251 e. The van der Waals surface area contributed by atoms with E-state index in [1.807, 2.05) is 31.2 Å². The van der Waals surface area contributed by atoms with Crippen molar-refractivity contribution in [3.05, 3.63) is 89.0 Å². The van der Waals surface area contributed by atoms with Crippen LogP contribution in [0.5, 0.6) is 11.5 Å². The molecule has 1 N–H and O–H groups in total. The number of ether oxygens (including phenoxy) is 2. The molecule has 1 heterocycles. The molecule has 7 nitrogen and oxygen atoms in total. The van der Waals surface area contributed by atoms with E-state index in [-0.39, 0.29) is 30.5 Å². The van der Waals surface area contributed by atoms with Gasteiger partial charge in [0.05, 0.1) is 12.0 Å². The van der Waals surface area contributed by atoms with Crippen molar-refractivity contribution in [2.45, 2.75) is 24.9 Å². The van der Waals surface area contributed by atoms with Crippen molar-refractivity contribution in [3.63, 3.8) is 0 Å². The molecular formula is C25H26N2O5S. The van der Waals surface area contributed by atoms with Gasteiger partial charge in [0, 0.05) is 30.8 Å². The molecule has 0 aromatic heterocycles. The summed E-state index contributed by atoms with van der Waals surface area (Å²) in [6.07, 6.45) is 0. The number of amides is 1. The van der Waals surface area contributed by atoms with Crippen LogP contribution >= 0.6 is 0 Å². The Hall–Kier alpha value is -3.36. The number of methoxy groups -OCH3 is 1. The first-order valence-electron chi connectivity index (χ1n) is 10.6. The minimum absolute atomic E-state index is 0.114. The van der Waals surface area contributed by atoms with Crippen LogP contribution in [0.15, 0.2) is 71.6 Å². The van der Waals surface area contributed by atoms with Crippen LogP contribution in [0.25, 0.3) is 0 Å². The number of rotatable bonds is 6. The Kier molecular flexibility index (Phi) is 6.67. The number of carbonyl (C=O) groups is 1. The monoisotopic (exact) mass is 466 g/mol. The molecule has 0 atom stereocenters. The highest BCUT2D eigenvalue weighted by atomic mass is 32.2. The number of hydrogen-bond acceptors (Lipinski definition) is 5. The van der Waals surface area contributed by atoms with Gasteiger partial charge in [0.25, 0.3) is 5.91 Å². The summed E-state index contributed by atoms with van der Waals surface area (Å²) in [7, 11) is -2.21. The Labute approximate surface area is 194 Å². The standard InChI is InChI=1S/C25H26N2O5S/c1-18-3-5-19(6-4-18)16-26-25(28)20-7-12-24-21(15-20)17-27(13-14-32-24)33(29,30)23-10-8-22(31-2)9-11-23/h3-12,15H,13-14,16-17H2,1-2H3,(H,26,28). The number of benzene rings is 3. The minimum Gasteiger partial charge on any atom is -0.497 e. The van der Waals surface area contributed by atoms with Crippen molar-refractivity contribution in [3.8, 4) is 11.5 Å². The van der Waals surface area contributed by atoms with E-state index >= 15 is 0 Å². The van der Waals surface area contributed by atoms with E-state index in [1.165, 1.54) is 23.5 Å². The van der Waals surface area contributed by atoms with Gasteiger partial charge < -0.3 is 14.8 Å². The second-order valence-electron chi connectivity index (χ2n) is 7.85. The maximum Gasteiger partial charge on any atom is 0.251 e. The molecular weight excluding hydrogens is 440 g/mol. The van der Waals surface area contributed by atoms with E-state index in [0.717, 1.165) is 11.1 Å². The van der Waals surface area contributed by atoms with Gasteiger partial charge in [-0.05, 0) is 55.0 Å². The first kappa shape index (κ1) is 22.8. The van der Waals surface area contributed by atoms with E-state index in [0.29, 0.717) is 29.2 Å². The van der Waals surface area contributed by atoms with Crippen LogP contribution in [-0.4, -0.2) is 38.9 Å². The largest absolute Gasteiger partial charge is 0.497 e. The van der Waals surface area contributed by atoms with Gasteiger partial charge in [-0.25, -0.2) is 8.42 Å². The number of nitrogens with one attached hydrogen (secondary N) is 1.